The molecule has 0 spiro atoms. The molecule has 4 heteroatoms. The molecule has 3 nitrogen and oxygen atoms in total. The molecule has 0 aliphatic heterocycles. The van der Waals surface area contributed by atoms with E-state index in [1.807, 2.05) is 6.07 Å². The Bertz CT molecular complexity index is 312. The molecule has 0 unspecified atom stereocenters. The summed E-state index contributed by atoms with van der Waals surface area (Å²) in [5.74, 6) is -0.905. The highest BCUT2D eigenvalue weighted by molar-refractivity contribution is 14.1. The van der Waals surface area contributed by atoms with E-state index in [0.29, 0.717) is 11.3 Å². The predicted octanol–water partition coefficient (Wildman–Crippen LogP) is 2.03. The van der Waals surface area contributed by atoms with Crippen molar-refractivity contribution >= 4 is 34.2 Å². The van der Waals surface area contributed by atoms with Crippen LogP contribution >= 0.6 is 22.6 Å². The average Bonchev–Trinajstić information content (AvgIpc) is 2.04. The minimum absolute atomic E-state index is 0.310. The highest BCUT2D eigenvalue weighted by Gasteiger charge is 2.08. The van der Waals surface area contributed by atoms with Gasteiger partial charge in [0.25, 0.3) is 0 Å². The summed E-state index contributed by atoms with van der Waals surface area (Å²) in [5.41, 5.74) is 0.951. The SMILES string of the molecule is CNc1ccc(I)cc1C(=O)O. The number of hydrogen-bond acceptors (Lipinski definition) is 2. The first-order valence-corrected chi connectivity index (χ1v) is 4.43. The summed E-state index contributed by atoms with van der Waals surface area (Å²) in [4.78, 5) is 10.7. The van der Waals surface area contributed by atoms with Crippen LogP contribution in [0.2, 0.25) is 0 Å². The van der Waals surface area contributed by atoms with Crippen molar-refractivity contribution in [3.8, 4) is 0 Å². The van der Waals surface area contributed by atoms with Crippen molar-refractivity contribution in [2.45, 2.75) is 0 Å². The van der Waals surface area contributed by atoms with Crippen LogP contribution < -0.4 is 5.32 Å². The molecule has 0 aromatic heterocycles. The Labute approximate surface area is 83.9 Å². The second-order valence-corrected chi connectivity index (χ2v) is 3.49. The molecule has 0 saturated carbocycles. The Morgan fingerprint density at radius 3 is 2.75 bits per heavy atom. The summed E-state index contributed by atoms with van der Waals surface area (Å²) >= 11 is 2.08. The van der Waals surface area contributed by atoms with E-state index >= 15 is 0 Å². The monoisotopic (exact) mass is 277 g/mol. The summed E-state index contributed by atoms with van der Waals surface area (Å²) in [6, 6.07) is 5.25. The lowest BCUT2D eigenvalue weighted by Gasteiger charge is -2.04. The van der Waals surface area contributed by atoms with Gasteiger partial charge < -0.3 is 10.4 Å². The summed E-state index contributed by atoms with van der Waals surface area (Å²) in [5, 5.41) is 11.6. The van der Waals surface area contributed by atoms with Crippen molar-refractivity contribution < 1.29 is 9.90 Å². The van der Waals surface area contributed by atoms with Crippen molar-refractivity contribution in [2.75, 3.05) is 12.4 Å². The number of nitrogens with one attached hydrogen (secondary N) is 1. The third-order valence-electron chi connectivity index (χ3n) is 1.48. The van der Waals surface area contributed by atoms with Crippen molar-refractivity contribution in [3.05, 3.63) is 27.3 Å². The van der Waals surface area contributed by atoms with E-state index in [4.69, 9.17) is 5.11 Å². The van der Waals surface area contributed by atoms with Crippen molar-refractivity contribution in [2.24, 2.45) is 0 Å². The van der Waals surface area contributed by atoms with Crippen LogP contribution in [0.3, 0.4) is 0 Å². The van der Waals surface area contributed by atoms with Crippen molar-refractivity contribution in [1.29, 1.82) is 0 Å². The summed E-state index contributed by atoms with van der Waals surface area (Å²) in [6.07, 6.45) is 0. The molecule has 0 radical (unpaired) electrons. The zero-order valence-electron chi connectivity index (χ0n) is 6.47. The van der Waals surface area contributed by atoms with Gasteiger partial charge in [-0.3, -0.25) is 0 Å². The number of carbonyl (C=O) groups is 1. The minimum atomic E-state index is -0.905. The molecule has 0 atom stereocenters. The quantitative estimate of drug-likeness (QED) is 0.813. The van der Waals surface area contributed by atoms with Gasteiger partial charge in [-0.2, -0.15) is 0 Å². The van der Waals surface area contributed by atoms with E-state index in [-0.39, 0.29) is 0 Å². The molecule has 0 saturated heterocycles. The van der Waals surface area contributed by atoms with E-state index in [9.17, 15) is 4.79 Å². The van der Waals surface area contributed by atoms with Gasteiger partial charge in [-0.1, -0.05) is 0 Å². The van der Waals surface area contributed by atoms with Crippen LogP contribution in [0.1, 0.15) is 10.4 Å². The lowest BCUT2D eigenvalue weighted by molar-refractivity contribution is 0.0698. The summed E-state index contributed by atoms with van der Waals surface area (Å²) in [7, 11) is 1.70. The lowest BCUT2D eigenvalue weighted by Crippen LogP contribution is -2.02. The van der Waals surface area contributed by atoms with E-state index < -0.39 is 5.97 Å². The molecule has 0 heterocycles. The molecule has 12 heavy (non-hydrogen) atoms. The van der Waals surface area contributed by atoms with Gasteiger partial charge in [0.2, 0.25) is 0 Å². The van der Waals surface area contributed by atoms with Gasteiger partial charge in [0.15, 0.2) is 0 Å². The largest absolute Gasteiger partial charge is 0.478 e. The van der Waals surface area contributed by atoms with Crippen LogP contribution in [0.4, 0.5) is 5.69 Å². The Kier molecular flexibility index (Phi) is 2.91. The lowest BCUT2D eigenvalue weighted by atomic mass is 10.2. The fourth-order valence-electron chi connectivity index (χ4n) is 0.911. The van der Waals surface area contributed by atoms with Crippen LogP contribution in [0.25, 0.3) is 0 Å². The third-order valence-corrected chi connectivity index (χ3v) is 2.15. The fraction of sp³-hybridized carbons (Fsp3) is 0.125. The smallest absolute Gasteiger partial charge is 0.337 e. The molecular weight excluding hydrogens is 269 g/mol. The normalized spacial score (nSPS) is 9.50. The van der Waals surface area contributed by atoms with Crippen LogP contribution in [-0.2, 0) is 0 Å². The van der Waals surface area contributed by atoms with Crippen LogP contribution in [0, 0.1) is 3.57 Å². The van der Waals surface area contributed by atoms with Gasteiger partial charge in [-0.15, -0.1) is 0 Å². The first kappa shape index (κ1) is 9.31. The molecule has 0 fully saturated rings. The van der Waals surface area contributed by atoms with Gasteiger partial charge in [0.1, 0.15) is 0 Å². The van der Waals surface area contributed by atoms with E-state index in [1.54, 1.807) is 19.2 Å². The van der Waals surface area contributed by atoms with Crippen molar-refractivity contribution in [3.63, 3.8) is 0 Å². The number of hydrogen-bond donors (Lipinski definition) is 2. The maximum Gasteiger partial charge on any atom is 0.337 e. The van der Waals surface area contributed by atoms with Crippen LogP contribution in [0.5, 0.6) is 0 Å². The Morgan fingerprint density at radius 2 is 2.25 bits per heavy atom. The number of halogens is 1. The second kappa shape index (κ2) is 3.75. The van der Waals surface area contributed by atoms with Gasteiger partial charge >= 0.3 is 5.97 Å². The number of carboxylic acids is 1. The molecule has 1 aromatic rings. The molecule has 0 aliphatic carbocycles. The maximum absolute atomic E-state index is 10.7. The summed E-state index contributed by atoms with van der Waals surface area (Å²) < 4.78 is 0.920. The van der Waals surface area contributed by atoms with E-state index in [0.717, 1.165) is 3.57 Å². The highest BCUT2D eigenvalue weighted by atomic mass is 127. The fourth-order valence-corrected chi connectivity index (χ4v) is 1.40. The Balaban J connectivity index is 3.21. The highest BCUT2D eigenvalue weighted by Crippen LogP contribution is 2.17. The molecule has 0 bridgehead atoms. The van der Waals surface area contributed by atoms with E-state index in [1.165, 1.54) is 0 Å². The molecule has 0 amide bonds. The number of anilines is 1. The molecule has 64 valence electrons. The molecule has 2 N–H and O–H groups in total. The van der Waals surface area contributed by atoms with Crippen LogP contribution in [0.15, 0.2) is 18.2 Å². The number of carboxylic acid groups (broad SMARTS) is 1. The predicted molar refractivity (Wildman–Crippen MR) is 55.7 cm³/mol. The van der Waals surface area contributed by atoms with Gasteiger partial charge in [-0.05, 0) is 40.8 Å². The average molecular weight is 277 g/mol. The molecule has 1 rings (SSSR count). The number of rotatable bonds is 2. The minimum Gasteiger partial charge on any atom is -0.478 e. The maximum atomic E-state index is 10.7. The molecule has 0 aliphatic rings. The van der Waals surface area contributed by atoms with Gasteiger partial charge in [-0.25, -0.2) is 4.79 Å². The zero-order chi connectivity index (χ0) is 9.14. The molecule has 1 aromatic carbocycles. The molecular formula is C8H8INO2. The van der Waals surface area contributed by atoms with E-state index in [2.05, 4.69) is 27.9 Å². The standard InChI is InChI=1S/C8H8INO2/c1-10-7-3-2-5(9)4-6(7)8(11)12/h2-4,10H,1H3,(H,11,12). The first-order chi connectivity index (χ1) is 5.65. The number of benzene rings is 1. The third kappa shape index (κ3) is 1.88. The Morgan fingerprint density at radius 1 is 1.58 bits per heavy atom. The zero-order valence-corrected chi connectivity index (χ0v) is 8.62. The Hall–Kier alpha value is -0.780. The first-order valence-electron chi connectivity index (χ1n) is 3.35. The van der Waals surface area contributed by atoms with Gasteiger partial charge in [0, 0.05) is 16.3 Å². The van der Waals surface area contributed by atoms with Crippen molar-refractivity contribution in [1.82, 2.24) is 0 Å². The number of aromatic carboxylic acids is 1. The van der Waals surface area contributed by atoms with Gasteiger partial charge in [0.05, 0.1) is 5.56 Å². The summed E-state index contributed by atoms with van der Waals surface area (Å²) in [6.45, 7) is 0. The second-order valence-electron chi connectivity index (χ2n) is 2.25. The topological polar surface area (TPSA) is 49.3 Å². The van der Waals surface area contributed by atoms with Crippen LogP contribution in [-0.4, -0.2) is 18.1 Å².